The van der Waals surface area contributed by atoms with Crippen LogP contribution in [0, 0.1) is 16.7 Å². The molecular formula is C22H26N2O4. The smallest absolute Gasteiger partial charge is 0.203 e. The summed E-state index contributed by atoms with van der Waals surface area (Å²) < 4.78 is 16.4. The maximum absolute atomic E-state index is 13.1. The molecule has 148 valence electrons. The second kappa shape index (κ2) is 7.23. The summed E-state index contributed by atoms with van der Waals surface area (Å²) in [7, 11) is 4.65. The highest BCUT2D eigenvalue weighted by atomic mass is 16.5. The van der Waals surface area contributed by atoms with Crippen LogP contribution in [0.2, 0.25) is 0 Å². The Bertz CT molecular complexity index is 909. The molecule has 1 heterocycles. The molecule has 1 N–H and O–H groups in total. The molecule has 1 aromatic carbocycles. The van der Waals surface area contributed by atoms with E-state index in [0.717, 1.165) is 23.4 Å². The maximum Gasteiger partial charge on any atom is 0.203 e. The van der Waals surface area contributed by atoms with Gasteiger partial charge in [0.05, 0.1) is 38.9 Å². The normalized spacial score (nSPS) is 20.9. The minimum atomic E-state index is -0.460. The maximum atomic E-state index is 13.1. The molecule has 3 rings (SSSR count). The molecule has 2 aliphatic rings. The molecule has 0 radical (unpaired) electrons. The molecule has 1 aromatic rings. The molecule has 28 heavy (non-hydrogen) atoms. The van der Waals surface area contributed by atoms with Gasteiger partial charge in [0.25, 0.3) is 0 Å². The van der Waals surface area contributed by atoms with Crippen molar-refractivity contribution in [2.24, 2.45) is 5.41 Å². The van der Waals surface area contributed by atoms with Crippen LogP contribution in [0.3, 0.4) is 0 Å². The number of dihydropyridines is 1. The van der Waals surface area contributed by atoms with Crippen LogP contribution in [0.15, 0.2) is 34.7 Å². The fourth-order valence-electron chi connectivity index (χ4n) is 4.19. The fourth-order valence-corrected chi connectivity index (χ4v) is 4.19. The first-order chi connectivity index (χ1) is 13.3. The lowest BCUT2D eigenvalue weighted by molar-refractivity contribution is -0.118. The first-order valence-corrected chi connectivity index (χ1v) is 9.20. The molecule has 1 aliphatic heterocycles. The lowest BCUT2D eigenvalue weighted by Crippen LogP contribution is -2.36. The van der Waals surface area contributed by atoms with Crippen LogP contribution >= 0.6 is 0 Å². The molecule has 0 spiro atoms. The highest BCUT2D eigenvalue weighted by molar-refractivity contribution is 6.00. The van der Waals surface area contributed by atoms with Gasteiger partial charge in [-0.05, 0) is 36.5 Å². The van der Waals surface area contributed by atoms with E-state index < -0.39 is 5.92 Å². The van der Waals surface area contributed by atoms with Crippen molar-refractivity contribution in [2.45, 2.75) is 39.5 Å². The van der Waals surface area contributed by atoms with Gasteiger partial charge in [0.1, 0.15) is 0 Å². The first kappa shape index (κ1) is 19.8. The summed E-state index contributed by atoms with van der Waals surface area (Å²) >= 11 is 0. The van der Waals surface area contributed by atoms with E-state index in [9.17, 15) is 10.1 Å². The Labute approximate surface area is 165 Å². The molecule has 0 saturated carbocycles. The number of allylic oxidation sites excluding steroid dienone is 4. The second-order valence-electron chi connectivity index (χ2n) is 8.00. The third-order valence-corrected chi connectivity index (χ3v) is 5.38. The molecule has 1 aliphatic carbocycles. The summed E-state index contributed by atoms with van der Waals surface area (Å²) in [5.41, 5.74) is 3.51. The molecule has 0 fully saturated rings. The van der Waals surface area contributed by atoms with Gasteiger partial charge in [-0.1, -0.05) is 13.8 Å². The van der Waals surface area contributed by atoms with Crippen LogP contribution in [0.1, 0.15) is 45.1 Å². The van der Waals surface area contributed by atoms with Crippen molar-refractivity contribution in [3.8, 4) is 23.3 Å². The summed E-state index contributed by atoms with van der Waals surface area (Å²) in [5.74, 6) is 1.08. The fraction of sp³-hybridized carbons (Fsp3) is 0.455. The molecular weight excluding hydrogens is 356 g/mol. The topological polar surface area (TPSA) is 80.6 Å². The Morgan fingerprint density at radius 2 is 1.71 bits per heavy atom. The van der Waals surface area contributed by atoms with Crippen molar-refractivity contribution in [3.63, 3.8) is 0 Å². The minimum absolute atomic E-state index is 0.0674. The Hall–Kier alpha value is -2.94. The zero-order valence-corrected chi connectivity index (χ0v) is 17.2. The van der Waals surface area contributed by atoms with E-state index in [1.165, 1.54) is 0 Å². The molecule has 6 nitrogen and oxygen atoms in total. The number of Topliss-reactive ketones (excluding diaryl/α,β-unsaturated/α-hetero) is 1. The van der Waals surface area contributed by atoms with Gasteiger partial charge in [-0.2, -0.15) is 5.26 Å². The number of carbonyl (C=O) groups is 1. The predicted molar refractivity (Wildman–Crippen MR) is 105 cm³/mol. The molecule has 6 heteroatoms. The van der Waals surface area contributed by atoms with Crippen LogP contribution < -0.4 is 19.5 Å². The Morgan fingerprint density at radius 3 is 2.21 bits per heavy atom. The van der Waals surface area contributed by atoms with Crippen molar-refractivity contribution >= 4 is 5.78 Å². The van der Waals surface area contributed by atoms with E-state index in [1.807, 2.05) is 19.1 Å². The van der Waals surface area contributed by atoms with Gasteiger partial charge >= 0.3 is 0 Å². The number of carbonyl (C=O) groups excluding carboxylic acids is 1. The number of hydrogen-bond acceptors (Lipinski definition) is 6. The Morgan fingerprint density at radius 1 is 1.11 bits per heavy atom. The monoisotopic (exact) mass is 382 g/mol. The number of nitrogens with zero attached hydrogens (tertiary/aromatic N) is 1. The highest BCUT2D eigenvalue weighted by Gasteiger charge is 2.41. The minimum Gasteiger partial charge on any atom is -0.493 e. The molecule has 0 aromatic heterocycles. The average Bonchev–Trinajstić information content (AvgIpc) is 2.64. The number of ether oxygens (including phenoxy) is 3. The largest absolute Gasteiger partial charge is 0.493 e. The summed E-state index contributed by atoms with van der Waals surface area (Å²) in [6.07, 6.45) is 1.21. The summed E-state index contributed by atoms with van der Waals surface area (Å²) in [4.78, 5) is 13.1. The van der Waals surface area contributed by atoms with Gasteiger partial charge in [0.2, 0.25) is 5.75 Å². The molecule has 0 bridgehead atoms. The third kappa shape index (κ3) is 3.22. The zero-order valence-electron chi connectivity index (χ0n) is 17.2. The number of nitrogens with one attached hydrogen (secondary N) is 1. The number of ketones is 1. The van der Waals surface area contributed by atoms with Crippen LogP contribution in [0.5, 0.6) is 17.2 Å². The van der Waals surface area contributed by atoms with Gasteiger partial charge in [0, 0.05) is 23.4 Å². The van der Waals surface area contributed by atoms with Crippen molar-refractivity contribution in [1.29, 1.82) is 5.26 Å². The molecule has 0 unspecified atom stereocenters. The number of benzene rings is 1. The standard InChI is InChI=1S/C22H26N2O4/c1-12-14(11-23)19(20-15(24-12)9-22(2,3)10-16(20)25)13-7-17(26-4)21(28-6)18(8-13)27-5/h7-8,19,24H,9-10H2,1-6H3/t19-/m0/s1. The number of hydrogen-bond donors (Lipinski definition) is 1. The van der Waals surface area contributed by atoms with E-state index in [1.54, 1.807) is 21.3 Å². The van der Waals surface area contributed by atoms with Crippen LogP contribution in [-0.4, -0.2) is 27.1 Å². The van der Waals surface area contributed by atoms with Crippen molar-refractivity contribution < 1.29 is 19.0 Å². The SMILES string of the molecule is COc1cc([C@H]2C(C#N)=C(C)NC3=C2C(=O)CC(C)(C)C3)cc(OC)c1OC. The van der Waals surface area contributed by atoms with Gasteiger partial charge in [-0.3, -0.25) is 4.79 Å². The lowest BCUT2D eigenvalue weighted by atomic mass is 9.69. The van der Waals surface area contributed by atoms with E-state index >= 15 is 0 Å². The van der Waals surface area contributed by atoms with Gasteiger partial charge in [-0.15, -0.1) is 0 Å². The van der Waals surface area contributed by atoms with Crippen LogP contribution in [0.25, 0.3) is 0 Å². The summed E-state index contributed by atoms with van der Waals surface area (Å²) in [6, 6.07) is 5.94. The van der Waals surface area contributed by atoms with E-state index in [2.05, 4.69) is 25.2 Å². The molecule has 0 amide bonds. The Kier molecular flexibility index (Phi) is 5.12. The molecule has 0 saturated heterocycles. The first-order valence-electron chi connectivity index (χ1n) is 9.20. The second-order valence-corrected chi connectivity index (χ2v) is 8.00. The zero-order chi connectivity index (χ0) is 20.6. The van der Waals surface area contributed by atoms with Gasteiger partial charge < -0.3 is 19.5 Å². The predicted octanol–water partition coefficient (Wildman–Crippen LogP) is 3.84. The Balaban J connectivity index is 2.25. The van der Waals surface area contributed by atoms with Gasteiger partial charge in [-0.25, -0.2) is 0 Å². The van der Waals surface area contributed by atoms with E-state index in [4.69, 9.17) is 14.2 Å². The molecule has 1 atom stereocenters. The third-order valence-electron chi connectivity index (χ3n) is 5.38. The average molecular weight is 382 g/mol. The number of methoxy groups -OCH3 is 3. The van der Waals surface area contributed by atoms with E-state index in [-0.39, 0.29) is 11.2 Å². The van der Waals surface area contributed by atoms with Crippen LogP contribution in [0.4, 0.5) is 0 Å². The summed E-state index contributed by atoms with van der Waals surface area (Å²) in [5, 5.41) is 13.2. The van der Waals surface area contributed by atoms with Gasteiger partial charge in [0.15, 0.2) is 17.3 Å². The van der Waals surface area contributed by atoms with E-state index in [0.29, 0.717) is 34.8 Å². The quantitative estimate of drug-likeness (QED) is 0.852. The highest BCUT2D eigenvalue weighted by Crippen LogP contribution is 2.49. The number of rotatable bonds is 4. The lowest BCUT2D eigenvalue weighted by Gasteiger charge is -2.38. The van der Waals surface area contributed by atoms with Crippen molar-refractivity contribution in [2.75, 3.05) is 21.3 Å². The van der Waals surface area contributed by atoms with Crippen LogP contribution in [-0.2, 0) is 4.79 Å². The van der Waals surface area contributed by atoms with Crippen molar-refractivity contribution in [1.82, 2.24) is 5.32 Å². The van der Waals surface area contributed by atoms with Crippen molar-refractivity contribution in [3.05, 3.63) is 40.2 Å². The summed E-state index contributed by atoms with van der Waals surface area (Å²) in [6.45, 7) is 6.05. The number of nitriles is 1.